The van der Waals surface area contributed by atoms with Crippen molar-refractivity contribution >= 4 is 15.9 Å². The third-order valence-electron chi connectivity index (χ3n) is 3.51. The first-order chi connectivity index (χ1) is 9.13. The number of benzene rings is 1. The Morgan fingerprint density at radius 1 is 1.21 bits per heavy atom. The van der Waals surface area contributed by atoms with Crippen molar-refractivity contribution in [2.75, 3.05) is 27.3 Å². The molecule has 4 nitrogen and oxygen atoms in total. The predicted molar refractivity (Wildman–Crippen MR) is 77.8 cm³/mol. The van der Waals surface area contributed by atoms with Crippen LogP contribution >= 0.6 is 15.9 Å². The summed E-state index contributed by atoms with van der Waals surface area (Å²) in [6.07, 6.45) is 1.56. The van der Waals surface area contributed by atoms with Gasteiger partial charge in [-0.1, -0.05) is 0 Å². The molecule has 1 heterocycles. The molecule has 0 spiro atoms. The lowest BCUT2D eigenvalue weighted by Gasteiger charge is -2.30. The molecule has 1 aromatic rings. The molecule has 0 saturated carbocycles. The highest BCUT2D eigenvalue weighted by Gasteiger charge is 2.19. The van der Waals surface area contributed by atoms with E-state index in [1.165, 1.54) is 0 Å². The zero-order chi connectivity index (χ0) is 13.8. The minimum atomic E-state index is -0.138. The van der Waals surface area contributed by atoms with Gasteiger partial charge in [-0.15, -0.1) is 0 Å². The second kappa shape index (κ2) is 6.59. The fourth-order valence-corrected chi connectivity index (χ4v) is 2.92. The van der Waals surface area contributed by atoms with E-state index in [1.54, 1.807) is 14.2 Å². The van der Waals surface area contributed by atoms with Crippen LogP contribution in [0.1, 0.15) is 18.4 Å². The van der Waals surface area contributed by atoms with Crippen molar-refractivity contribution in [2.45, 2.75) is 25.5 Å². The summed E-state index contributed by atoms with van der Waals surface area (Å²) in [7, 11) is 3.32. The predicted octanol–water partition coefficient (Wildman–Crippen LogP) is 2.42. The molecule has 1 aliphatic heterocycles. The van der Waals surface area contributed by atoms with E-state index in [-0.39, 0.29) is 6.10 Å². The van der Waals surface area contributed by atoms with Gasteiger partial charge in [-0.2, -0.15) is 0 Å². The van der Waals surface area contributed by atoms with E-state index in [0.717, 1.165) is 54.0 Å². The maximum Gasteiger partial charge on any atom is 0.136 e. The average Bonchev–Trinajstić information content (AvgIpc) is 2.42. The zero-order valence-electron chi connectivity index (χ0n) is 11.4. The van der Waals surface area contributed by atoms with Gasteiger partial charge in [0.2, 0.25) is 0 Å². The number of rotatable bonds is 4. The molecule has 0 radical (unpaired) electrons. The minimum absolute atomic E-state index is 0.138. The normalized spacial score (nSPS) is 17.5. The largest absolute Gasteiger partial charge is 0.496 e. The fraction of sp³-hybridized carbons (Fsp3) is 0.571. The van der Waals surface area contributed by atoms with Gasteiger partial charge in [0.25, 0.3) is 0 Å². The monoisotopic (exact) mass is 329 g/mol. The van der Waals surface area contributed by atoms with Crippen LogP contribution in [-0.4, -0.2) is 43.4 Å². The number of ether oxygens (including phenoxy) is 2. The molecule has 0 aliphatic carbocycles. The number of likely N-dealkylation sites (tertiary alicyclic amines) is 1. The number of hydrogen-bond donors (Lipinski definition) is 1. The lowest BCUT2D eigenvalue weighted by atomic mass is 10.1. The second-order valence-electron chi connectivity index (χ2n) is 4.81. The summed E-state index contributed by atoms with van der Waals surface area (Å²) in [5, 5.41) is 9.53. The maximum atomic E-state index is 9.53. The van der Waals surface area contributed by atoms with Crippen LogP contribution in [0, 0.1) is 0 Å². The van der Waals surface area contributed by atoms with Crippen molar-refractivity contribution in [3.8, 4) is 11.5 Å². The standard InChI is InChI=1S/C14H20BrNO3/c1-18-13-8-14(19-2)12(15)7-10(13)9-16-5-3-11(17)4-6-16/h7-8,11,17H,3-6,9H2,1-2H3. The van der Waals surface area contributed by atoms with Crippen molar-refractivity contribution in [3.63, 3.8) is 0 Å². The molecule has 1 aliphatic rings. The highest BCUT2D eigenvalue weighted by molar-refractivity contribution is 9.10. The first-order valence-electron chi connectivity index (χ1n) is 6.45. The molecule has 1 fully saturated rings. The molecule has 106 valence electrons. The van der Waals surface area contributed by atoms with Gasteiger partial charge >= 0.3 is 0 Å². The van der Waals surface area contributed by atoms with Gasteiger partial charge in [0.1, 0.15) is 11.5 Å². The van der Waals surface area contributed by atoms with E-state index in [1.807, 2.05) is 12.1 Å². The van der Waals surface area contributed by atoms with Crippen LogP contribution in [0.15, 0.2) is 16.6 Å². The first-order valence-corrected chi connectivity index (χ1v) is 7.24. The molecule has 0 aromatic heterocycles. The number of methoxy groups -OCH3 is 2. The Bertz CT molecular complexity index is 431. The highest BCUT2D eigenvalue weighted by Crippen LogP contribution is 2.33. The molecule has 2 rings (SSSR count). The molecule has 0 amide bonds. The van der Waals surface area contributed by atoms with Crippen LogP contribution in [0.2, 0.25) is 0 Å². The van der Waals surface area contributed by atoms with Crippen LogP contribution in [-0.2, 0) is 6.54 Å². The molecule has 1 N–H and O–H groups in total. The summed E-state index contributed by atoms with van der Waals surface area (Å²) in [4.78, 5) is 2.34. The first kappa shape index (κ1) is 14.6. The van der Waals surface area contributed by atoms with Gasteiger partial charge in [-0.3, -0.25) is 4.90 Å². The highest BCUT2D eigenvalue weighted by atomic mass is 79.9. The molecule has 0 atom stereocenters. The van der Waals surface area contributed by atoms with Gasteiger partial charge in [0, 0.05) is 31.3 Å². The lowest BCUT2D eigenvalue weighted by molar-refractivity contribution is 0.0789. The molecule has 0 bridgehead atoms. The Hall–Kier alpha value is -0.780. The van der Waals surface area contributed by atoms with Gasteiger partial charge in [-0.05, 0) is 34.8 Å². The Morgan fingerprint density at radius 2 is 1.84 bits per heavy atom. The van der Waals surface area contributed by atoms with Crippen molar-refractivity contribution in [1.29, 1.82) is 0 Å². The Balaban J connectivity index is 2.13. The topological polar surface area (TPSA) is 41.9 Å². The van der Waals surface area contributed by atoms with Crippen molar-refractivity contribution < 1.29 is 14.6 Å². The molecule has 19 heavy (non-hydrogen) atoms. The lowest BCUT2D eigenvalue weighted by Crippen LogP contribution is -2.35. The van der Waals surface area contributed by atoms with E-state index < -0.39 is 0 Å². The Labute approximate surface area is 122 Å². The van der Waals surface area contributed by atoms with Crippen LogP contribution < -0.4 is 9.47 Å². The summed E-state index contributed by atoms with van der Waals surface area (Å²) < 4.78 is 11.6. The molecule has 1 aromatic carbocycles. The van der Waals surface area contributed by atoms with Gasteiger partial charge in [-0.25, -0.2) is 0 Å². The summed E-state index contributed by atoms with van der Waals surface area (Å²) in [5.74, 6) is 1.61. The van der Waals surface area contributed by atoms with E-state index >= 15 is 0 Å². The van der Waals surface area contributed by atoms with Crippen molar-refractivity contribution in [3.05, 3.63) is 22.2 Å². The van der Waals surface area contributed by atoms with Crippen molar-refractivity contribution in [1.82, 2.24) is 4.90 Å². The second-order valence-corrected chi connectivity index (χ2v) is 5.66. The van der Waals surface area contributed by atoms with E-state index in [9.17, 15) is 5.11 Å². The zero-order valence-corrected chi connectivity index (χ0v) is 12.9. The van der Waals surface area contributed by atoms with Crippen LogP contribution in [0.25, 0.3) is 0 Å². The minimum Gasteiger partial charge on any atom is -0.496 e. The third kappa shape index (κ3) is 3.61. The van der Waals surface area contributed by atoms with Crippen LogP contribution in [0.3, 0.4) is 0 Å². The summed E-state index contributed by atoms with van der Waals surface area (Å²) >= 11 is 3.51. The molecular formula is C14H20BrNO3. The number of piperidine rings is 1. The molecular weight excluding hydrogens is 310 g/mol. The molecule has 0 unspecified atom stereocenters. The summed E-state index contributed by atoms with van der Waals surface area (Å²) in [6.45, 7) is 2.68. The molecule has 1 saturated heterocycles. The van der Waals surface area contributed by atoms with Crippen molar-refractivity contribution in [2.24, 2.45) is 0 Å². The van der Waals surface area contributed by atoms with Crippen LogP contribution in [0.5, 0.6) is 11.5 Å². The quantitative estimate of drug-likeness (QED) is 0.921. The van der Waals surface area contributed by atoms with Gasteiger partial charge in [0.15, 0.2) is 0 Å². The van der Waals surface area contributed by atoms with Gasteiger partial charge < -0.3 is 14.6 Å². The number of nitrogens with zero attached hydrogens (tertiary/aromatic N) is 1. The maximum absolute atomic E-state index is 9.53. The van der Waals surface area contributed by atoms with Gasteiger partial charge in [0.05, 0.1) is 24.8 Å². The van der Waals surface area contributed by atoms with E-state index in [4.69, 9.17) is 9.47 Å². The SMILES string of the molecule is COc1cc(OC)c(CN2CCC(O)CC2)cc1Br. The fourth-order valence-electron chi connectivity index (χ4n) is 2.36. The molecule has 5 heteroatoms. The third-order valence-corrected chi connectivity index (χ3v) is 4.13. The summed E-state index contributed by atoms with van der Waals surface area (Å²) in [5.41, 5.74) is 1.13. The average molecular weight is 330 g/mol. The number of aliphatic hydroxyl groups excluding tert-OH is 1. The van der Waals surface area contributed by atoms with E-state index in [2.05, 4.69) is 20.8 Å². The Kier molecular flexibility index (Phi) is 5.07. The van der Waals surface area contributed by atoms with E-state index in [0.29, 0.717) is 0 Å². The van der Waals surface area contributed by atoms with Crippen LogP contribution in [0.4, 0.5) is 0 Å². The number of hydrogen-bond acceptors (Lipinski definition) is 4. The number of halogens is 1. The summed E-state index contributed by atoms with van der Waals surface area (Å²) in [6, 6.07) is 3.95. The smallest absolute Gasteiger partial charge is 0.136 e. The number of aliphatic hydroxyl groups is 1. The Morgan fingerprint density at radius 3 is 2.42 bits per heavy atom.